The second kappa shape index (κ2) is 37.8. The summed E-state index contributed by atoms with van der Waals surface area (Å²) in [6, 6.07) is 157. The van der Waals surface area contributed by atoms with E-state index in [1.54, 1.807) is 12.1 Å². The molecule has 0 atom stereocenters. The highest BCUT2D eigenvalue weighted by atomic mass is 32.1. The highest BCUT2D eigenvalue weighted by Gasteiger charge is 2.25. The second-order valence-electron chi connectivity index (χ2n) is 30.5. The molecule has 21 aromatic rings. The zero-order chi connectivity index (χ0) is 85.5. The quantitative estimate of drug-likeness (QED) is 0.0752. The van der Waals surface area contributed by atoms with Gasteiger partial charge in [-0.05, 0) is 229 Å². The molecule has 19 aromatic carbocycles. The molecule has 0 fully saturated rings. The van der Waals surface area contributed by atoms with Crippen LogP contribution < -0.4 is 19.6 Å². The van der Waals surface area contributed by atoms with Crippen molar-refractivity contribution < 1.29 is 4.39 Å². The molecule has 7 heteroatoms. The molecule has 126 heavy (non-hydrogen) atoms. The monoisotopic (exact) mass is 1640 g/mol. The number of rotatable bonds is 19. The lowest BCUT2D eigenvalue weighted by Gasteiger charge is -2.29. The van der Waals surface area contributed by atoms with Crippen molar-refractivity contribution in [2.24, 2.45) is 0 Å². The van der Waals surface area contributed by atoms with Crippen molar-refractivity contribution in [2.75, 3.05) is 19.6 Å². The van der Waals surface area contributed by atoms with Crippen LogP contribution in [0.3, 0.4) is 0 Å². The molecule has 0 aliphatic carbocycles. The molecule has 5 nitrogen and oxygen atoms in total. The Morgan fingerprint density at radius 2 is 0.587 bits per heavy atom. The van der Waals surface area contributed by atoms with Crippen LogP contribution in [-0.2, 0) is 0 Å². The van der Waals surface area contributed by atoms with Gasteiger partial charge in [-0.3, -0.25) is 4.98 Å². The van der Waals surface area contributed by atoms with Gasteiger partial charge < -0.3 is 19.6 Å². The summed E-state index contributed by atoms with van der Waals surface area (Å²) in [5, 5.41) is 12.1. The van der Waals surface area contributed by atoms with Gasteiger partial charge in [-0.25, -0.2) is 4.39 Å². The van der Waals surface area contributed by atoms with Gasteiger partial charge >= 0.3 is 0 Å². The summed E-state index contributed by atoms with van der Waals surface area (Å²) in [6.07, 6.45) is 9.38. The SMILES string of the molecule is C=Cc1c2ccccc2c(N(c2ccccc2)c2ccccc2)c2ccccc12.C=Cc1ccc(-c2ccc(N(c3ccccc3)c3ccc4ccccc4c3)cc2)cn1.C=Cc1ccc2c(c1)sc1cc(N(c3ccccc3)c3ccccc3)ccc12.C=Cc1ccc2cc(N(c3ccccc3)c3c(F)cc(-c4ccccc4)cc3-c3ccccc3)ccc2c1. The summed E-state index contributed by atoms with van der Waals surface area (Å²) in [6.45, 7) is 15.7. The molecule has 0 spiro atoms. The number of thiophene rings is 1. The lowest BCUT2D eigenvalue weighted by atomic mass is 9.93. The van der Waals surface area contributed by atoms with Crippen LogP contribution in [0.4, 0.5) is 72.6 Å². The third kappa shape index (κ3) is 17.4. The Bertz CT molecular complexity index is 7260. The minimum atomic E-state index is -0.281. The average molecular weight is 1640 g/mol. The Kier molecular flexibility index (Phi) is 24.2. The van der Waals surface area contributed by atoms with Gasteiger partial charge in [0.05, 0.1) is 17.1 Å². The number of pyridine rings is 1. The molecular weight excluding hydrogens is 1550 g/mol. The molecule has 21 rings (SSSR count). The molecule has 2 aromatic heterocycles. The van der Waals surface area contributed by atoms with Crippen molar-refractivity contribution in [1.29, 1.82) is 0 Å². The maximum Gasteiger partial charge on any atom is 0.148 e. The summed E-state index contributed by atoms with van der Waals surface area (Å²) in [5.41, 5.74) is 22.7. The van der Waals surface area contributed by atoms with Gasteiger partial charge in [-0.2, -0.15) is 0 Å². The fourth-order valence-corrected chi connectivity index (χ4v) is 17.8. The van der Waals surface area contributed by atoms with Crippen LogP contribution in [0, 0.1) is 5.82 Å². The first kappa shape index (κ1) is 80.7. The third-order valence-corrected chi connectivity index (χ3v) is 23.8. The van der Waals surface area contributed by atoms with Gasteiger partial charge in [-0.15, -0.1) is 11.3 Å². The molecule has 0 N–H and O–H groups in total. The van der Waals surface area contributed by atoms with Crippen molar-refractivity contribution in [3.05, 3.63) is 516 Å². The van der Waals surface area contributed by atoms with Crippen molar-refractivity contribution in [2.45, 2.75) is 0 Å². The topological polar surface area (TPSA) is 25.9 Å². The predicted molar refractivity (Wildman–Crippen MR) is 542 cm³/mol. The van der Waals surface area contributed by atoms with Gasteiger partial charge in [0.15, 0.2) is 0 Å². The van der Waals surface area contributed by atoms with E-state index in [-0.39, 0.29) is 5.82 Å². The zero-order valence-corrected chi connectivity index (χ0v) is 70.4. The van der Waals surface area contributed by atoms with Gasteiger partial charge in [0, 0.05) is 105 Å². The van der Waals surface area contributed by atoms with Crippen LogP contribution in [0.15, 0.2) is 487 Å². The molecule has 0 unspecified atom stereocenters. The van der Waals surface area contributed by atoms with Crippen LogP contribution >= 0.6 is 11.3 Å². The number of halogens is 1. The normalized spacial score (nSPS) is 10.9. The van der Waals surface area contributed by atoms with Crippen molar-refractivity contribution in [1.82, 2.24) is 4.98 Å². The first-order chi connectivity index (χ1) is 62.2. The van der Waals surface area contributed by atoms with Gasteiger partial charge in [0.2, 0.25) is 0 Å². The number of hydrogen-bond acceptors (Lipinski definition) is 6. The van der Waals surface area contributed by atoms with Crippen molar-refractivity contribution in [3.8, 4) is 33.4 Å². The largest absolute Gasteiger partial charge is 0.310 e. The average Bonchev–Trinajstić information content (AvgIpc) is 0.893. The maximum absolute atomic E-state index is 16.5. The lowest BCUT2D eigenvalue weighted by molar-refractivity contribution is 0.630. The Morgan fingerprint density at radius 1 is 0.230 bits per heavy atom. The maximum atomic E-state index is 16.5. The highest BCUT2D eigenvalue weighted by Crippen LogP contribution is 2.49. The third-order valence-electron chi connectivity index (χ3n) is 22.7. The van der Waals surface area contributed by atoms with E-state index in [0.29, 0.717) is 5.69 Å². The van der Waals surface area contributed by atoms with Gasteiger partial charge in [0.1, 0.15) is 5.82 Å². The minimum absolute atomic E-state index is 0.281. The zero-order valence-electron chi connectivity index (χ0n) is 69.5. The number of nitrogens with zero attached hydrogens (tertiary/aromatic N) is 5. The Morgan fingerprint density at radius 3 is 1.09 bits per heavy atom. The molecule has 0 saturated carbocycles. The van der Waals surface area contributed by atoms with Crippen LogP contribution in [0.1, 0.15) is 22.4 Å². The summed E-state index contributed by atoms with van der Waals surface area (Å²) < 4.78 is 19.1. The van der Waals surface area contributed by atoms with Gasteiger partial charge in [-0.1, -0.05) is 348 Å². The van der Waals surface area contributed by atoms with Crippen LogP contribution in [0.2, 0.25) is 0 Å². The second-order valence-corrected chi connectivity index (χ2v) is 31.6. The molecule has 0 amide bonds. The van der Waals surface area contributed by atoms with Gasteiger partial charge in [0.25, 0.3) is 0 Å². The van der Waals surface area contributed by atoms with Crippen molar-refractivity contribution in [3.63, 3.8) is 0 Å². The Hall–Kier alpha value is -16.3. The smallest absolute Gasteiger partial charge is 0.148 e. The fourth-order valence-electron chi connectivity index (χ4n) is 16.6. The van der Waals surface area contributed by atoms with E-state index in [4.69, 9.17) is 0 Å². The van der Waals surface area contributed by atoms with Crippen LogP contribution in [0.5, 0.6) is 0 Å². The number of hydrogen-bond donors (Lipinski definition) is 0. The summed E-state index contributed by atoms with van der Waals surface area (Å²) in [5.74, 6) is -0.281. The number of anilines is 12. The van der Waals surface area contributed by atoms with E-state index in [2.05, 4.69) is 392 Å². The predicted octanol–water partition coefficient (Wildman–Crippen LogP) is 34.7. The van der Waals surface area contributed by atoms with E-state index in [9.17, 15) is 0 Å². The van der Waals surface area contributed by atoms with Crippen LogP contribution in [-0.4, -0.2) is 4.98 Å². The number of benzene rings is 19. The number of fused-ring (bicyclic) bond motifs is 7. The first-order valence-corrected chi connectivity index (χ1v) is 43.0. The highest BCUT2D eigenvalue weighted by molar-refractivity contribution is 7.25. The molecule has 0 bridgehead atoms. The van der Waals surface area contributed by atoms with E-state index >= 15 is 4.39 Å². The molecule has 602 valence electrons. The van der Waals surface area contributed by atoms with Crippen molar-refractivity contribution >= 4 is 167 Å². The Balaban J connectivity index is 0.000000115. The van der Waals surface area contributed by atoms with E-state index < -0.39 is 0 Å². The Labute approximate surface area is 740 Å². The standard InChI is InChI=1S/C36H26FN.C29H22N2.C28H21N.C26H19NS/c1-2-26-18-19-30-23-33(21-20-29(30)22-26)38(32-16-10-5-11-17-32)36-34(28-14-8-4-9-15-28)24-31(25-35(36)37)27-12-6-3-7-13-27;1-2-26-16-12-25(21-30-26)23-13-17-28(18-14-23)31(27-10-4-3-5-11-27)29-19-15-22-8-6-7-9-24(22)20-29;1-2-23-24-17-9-11-19-26(24)28(27-20-12-10-18-25(23)27)29(21-13-5-3-6-14-21)22-15-7-4-8-16-22;1-2-19-13-15-23-24-16-14-22(18-26(24)28-25(23)17-19)27(20-9-5-3-6-10-20)21-11-7-4-8-12-21/h2-25H,1H2;2-21H,1H2;2-20H,1H2;2-18H,1H2. The molecule has 2 heterocycles. The minimum Gasteiger partial charge on any atom is -0.310 e. The molecule has 0 aliphatic heterocycles. The summed E-state index contributed by atoms with van der Waals surface area (Å²) in [7, 11) is 0. The first-order valence-electron chi connectivity index (χ1n) is 42.2. The van der Waals surface area contributed by atoms with E-state index in [1.807, 2.05) is 144 Å². The molecule has 0 aliphatic rings. The molecular formula is C119H88FN5S. The molecule has 0 saturated heterocycles. The van der Waals surface area contributed by atoms with E-state index in [1.165, 1.54) is 69.4 Å². The molecule has 0 radical (unpaired) electrons. The number of para-hydroxylation sites is 6. The fraction of sp³-hybridized carbons (Fsp3) is 0. The summed E-state index contributed by atoms with van der Waals surface area (Å²) >= 11 is 1.84. The van der Waals surface area contributed by atoms with E-state index in [0.717, 1.165) is 112 Å². The lowest BCUT2D eigenvalue weighted by Crippen LogP contribution is -2.13. The summed E-state index contributed by atoms with van der Waals surface area (Å²) in [4.78, 5) is 13.4. The van der Waals surface area contributed by atoms with Crippen LogP contribution in [0.25, 0.3) is 121 Å². The number of aromatic nitrogens is 1.